The van der Waals surface area contributed by atoms with Crippen molar-refractivity contribution < 1.29 is 22.0 Å². The first-order chi connectivity index (χ1) is 5.34. The Labute approximate surface area is 65.5 Å². The van der Waals surface area contributed by atoms with Gasteiger partial charge < -0.3 is 4.90 Å². The maximum Gasteiger partial charge on any atom is 0.447 e. The first-order valence-electron chi connectivity index (χ1n) is 3.23. The molecule has 12 heavy (non-hydrogen) atoms. The Morgan fingerprint density at radius 3 is 2.00 bits per heavy atom. The Kier molecular flexibility index (Phi) is 2.01. The minimum atomic E-state index is -5.22. The highest BCUT2D eigenvalue weighted by atomic mass is 19.4. The summed E-state index contributed by atoms with van der Waals surface area (Å²) in [5.74, 6) is -4.46. The van der Waals surface area contributed by atoms with E-state index in [4.69, 9.17) is 0 Å². The van der Waals surface area contributed by atoms with Gasteiger partial charge in [-0.3, -0.25) is 0 Å². The van der Waals surface area contributed by atoms with Crippen molar-refractivity contribution in [1.29, 1.82) is 0 Å². The molecule has 1 nitrogen and oxygen atoms in total. The highest BCUT2D eigenvalue weighted by Gasteiger charge is 2.43. The summed E-state index contributed by atoms with van der Waals surface area (Å²) in [7, 11) is 0. The molecule has 0 N–H and O–H groups in total. The van der Waals surface area contributed by atoms with Crippen LogP contribution in [0, 0.1) is 0 Å². The van der Waals surface area contributed by atoms with Gasteiger partial charge in [0.25, 0.3) is 5.83 Å². The van der Waals surface area contributed by atoms with Gasteiger partial charge in [0.05, 0.1) is 0 Å². The molecule has 0 spiro atoms. The van der Waals surface area contributed by atoms with Gasteiger partial charge in [0, 0.05) is 12.6 Å². The smallest absolute Gasteiger partial charge is 0.340 e. The van der Waals surface area contributed by atoms with E-state index in [1.54, 1.807) is 0 Å². The van der Waals surface area contributed by atoms with Crippen LogP contribution in [0.5, 0.6) is 0 Å². The van der Waals surface area contributed by atoms with Gasteiger partial charge in [-0.2, -0.15) is 22.0 Å². The van der Waals surface area contributed by atoms with Crippen LogP contribution < -0.4 is 0 Å². The average molecular weight is 187 g/mol. The summed E-state index contributed by atoms with van der Waals surface area (Å²) >= 11 is 0. The topological polar surface area (TPSA) is 3.01 Å². The fourth-order valence-electron chi connectivity index (χ4n) is 0.754. The number of hydrogen-bond acceptors (Lipinski definition) is 1. The Hall–Kier alpha value is -0.810. The fraction of sp³-hybridized carbons (Fsp3) is 0.667. The molecule has 1 heterocycles. The Morgan fingerprint density at radius 2 is 1.75 bits per heavy atom. The second-order valence-electron chi connectivity index (χ2n) is 2.60. The third kappa shape index (κ3) is 1.67. The Balaban J connectivity index is 2.76. The van der Waals surface area contributed by atoms with Gasteiger partial charge in [0.1, 0.15) is 0 Å². The van der Waals surface area contributed by atoms with Crippen molar-refractivity contribution in [3.8, 4) is 0 Å². The molecular formula is C6H6F5N. The van der Waals surface area contributed by atoms with Crippen molar-refractivity contribution in [2.24, 2.45) is 0 Å². The molecule has 0 aromatic heterocycles. The molecule has 0 aliphatic carbocycles. The SMILES string of the molecule is CC1CN1C(F)=C(F)C(F)(F)F. The Morgan fingerprint density at radius 1 is 1.33 bits per heavy atom. The van der Waals surface area contributed by atoms with Crippen LogP contribution in [-0.2, 0) is 0 Å². The highest BCUT2D eigenvalue weighted by molar-refractivity contribution is 5.11. The van der Waals surface area contributed by atoms with Crippen molar-refractivity contribution in [2.75, 3.05) is 6.54 Å². The molecule has 1 saturated heterocycles. The lowest BCUT2D eigenvalue weighted by Crippen LogP contribution is -2.12. The van der Waals surface area contributed by atoms with Crippen molar-refractivity contribution in [3.63, 3.8) is 0 Å². The standard InChI is InChI=1S/C6H6F5N/c1-3-2-12(3)5(8)4(7)6(9,10)11/h3H,2H2,1H3. The summed E-state index contributed by atoms with van der Waals surface area (Å²) in [6, 6.07) is -0.335. The molecule has 0 aromatic carbocycles. The third-order valence-electron chi connectivity index (χ3n) is 1.54. The van der Waals surface area contributed by atoms with E-state index in [1.165, 1.54) is 6.92 Å². The number of halogens is 5. The van der Waals surface area contributed by atoms with Crippen LogP contribution in [0.1, 0.15) is 6.92 Å². The Bertz CT molecular complexity index is 218. The van der Waals surface area contributed by atoms with Gasteiger partial charge in [0.2, 0.25) is 5.95 Å². The van der Waals surface area contributed by atoms with Gasteiger partial charge in [-0.15, -0.1) is 0 Å². The van der Waals surface area contributed by atoms with Crippen molar-refractivity contribution in [2.45, 2.75) is 19.1 Å². The first kappa shape index (κ1) is 9.28. The second kappa shape index (κ2) is 2.60. The van der Waals surface area contributed by atoms with Crippen LogP contribution in [0.3, 0.4) is 0 Å². The van der Waals surface area contributed by atoms with Gasteiger partial charge in [-0.1, -0.05) is 0 Å². The van der Waals surface area contributed by atoms with E-state index in [-0.39, 0.29) is 12.6 Å². The number of rotatable bonds is 1. The van der Waals surface area contributed by atoms with Gasteiger partial charge in [-0.25, -0.2) is 0 Å². The summed E-state index contributed by atoms with van der Waals surface area (Å²) in [4.78, 5) is 0.697. The lowest BCUT2D eigenvalue weighted by Gasteiger charge is -2.05. The molecule has 1 rings (SSSR count). The average Bonchev–Trinajstić information content (AvgIpc) is 2.62. The number of nitrogens with zero attached hydrogens (tertiary/aromatic N) is 1. The minimum Gasteiger partial charge on any atom is -0.340 e. The molecular weight excluding hydrogens is 181 g/mol. The molecule has 70 valence electrons. The van der Waals surface area contributed by atoms with E-state index in [9.17, 15) is 22.0 Å². The number of allylic oxidation sites excluding steroid dienone is 1. The van der Waals surface area contributed by atoms with E-state index in [0.717, 1.165) is 0 Å². The monoisotopic (exact) mass is 187 g/mol. The molecule has 1 unspecified atom stereocenters. The van der Waals surface area contributed by atoms with Crippen LogP contribution >= 0.6 is 0 Å². The van der Waals surface area contributed by atoms with Gasteiger partial charge in [0.15, 0.2) is 0 Å². The van der Waals surface area contributed by atoms with Crippen molar-refractivity contribution in [3.05, 3.63) is 11.8 Å². The van der Waals surface area contributed by atoms with E-state index >= 15 is 0 Å². The number of hydrogen-bond donors (Lipinski definition) is 0. The zero-order chi connectivity index (χ0) is 9.52. The van der Waals surface area contributed by atoms with E-state index in [2.05, 4.69) is 0 Å². The molecule has 1 fully saturated rings. The van der Waals surface area contributed by atoms with E-state index in [0.29, 0.717) is 4.90 Å². The van der Waals surface area contributed by atoms with Crippen LogP contribution in [0.25, 0.3) is 0 Å². The predicted octanol–water partition coefficient (Wildman–Crippen LogP) is 2.36. The van der Waals surface area contributed by atoms with E-state index < -0.39 is 18.0 Å². The molecule has 0 bridgehead atoms. The largest absolute Gasteiger partial charge is 0.447 e. The lowest BCUT2D eigenvalue weighted by atomic mass is 10.5. The van der Waals surface area contributed by atoms with Crippen LogP contribution in [0.15, 0.2) is 11.8 Å². The molecule has 6 heteroatoms. The summed E-state index contributed by atoms with van der Waals surface area (Å²) in [6.45, 7) is 1.64. The molecule has 0 aromatic rings. The van der Waals surface area contributed by atoms with Crippen LogP contribution in [0.4, 0.5) is 22.0 Å². The summed E-state index contributed by atoms with van der Waals surface area (Å²) in [5.41, 5.74) is 0. The zero-order valence-corrected chi connectivity index (χ0v) is 6.12. The molecule has 1 atom stereocenters. The highest BCUT2D eigenvalue weighted by Crippen LogP contribution is 2.35. The van der Waals surface area contributed by atoms with Crippen LogP contribution in [-0.4, -0.2) is 23.7 Å². The maximum atomic E-state index is 12.4. The van der Waals surface area contributed by atoms with Crippen molar-refractivity contribution in [1.82, 2.24) is 4.90 Å². The van der Waals surface area contributed by atoms with Crippen LogP contribution in [0.2, 0.25) is 0 Å². The van der Waals surface area contributed by atoms with E-state index in [1.807, 2.05) is 0 Å². The van der Waals surface area contributed by atoms with Gasteiger partial charge >= 0.3 is 6.18 Å². The second-order valence-corrected chi connectivity index (χ2v) is 2.60. The summed E-state index contributed by atoms with van der Waals surface area (Å²) in [5, 5.41) is 0. The fourth-order valence-corrected chi connectivity index (χ4v) is 0.754. The predicted molar refractivity (Wildman–Crippen MR) is 31.5 cm³/mol. The molecule has 0 radical (unpaired) electrons. The quantitative estimate of drug-likeness (QED) is 0.346. The van der Waals surface area contributed by atoms with Gasteiger partial charge in [-0.05, 0) is 6.92 Å². The molecule has 0 saturated carbocycles. The minimum absolute atomic E-state index is 0.134. The molecule has 0 amide bonds. The zero-order valence-electron chi connectivity index (χ0n) is 6.12. The number of alkyl halides is 3. The summed E-state index contributed by atoms with van der Waals surface area (Å²) < 4.78 is 59.1. The first-order valence-corrected chi connectivity index (χ1v) is 3.23. The lowest BCUT2D eigenvalue weighted by molar-refractivity contribution is -0.112. The maximum absolute atomic E-state index is 12.4. The molecule has 1 aliphatic rings. The molecule has 1 aliphatic heterocycles. The van der Waals surface area contributed by atoms with Crippen molar-refractivity contribution >= 4 is 0 Å². The normalized spacial score (nSPS) is 25.5. The summed E-state index contributed by atoms with van der Waals surface area (Å²) in [6.07, 6.45) is -5.22. The third-order valence-corrected chi connectivity index (χ3v) is 1.54.